The molecule has 1 saturated carbocycles. The Labute approximate surface area is 88.1 Å². The van der Waals surface area contributed by atoms with Gasteiger partial charge in [0, 0.05) is 6.04 Å². The molecule has 82 valence electrons. The predicted molar refractivity (Wildman–Crippen MR) is 60.5 cm³/mol. The van der Waals surface area contributed by atoms with Crippen molar-refractivity contribution in [3.05, 3.63) is 0 Å². The second kappa shape index (κ2) is 5.13. The van der Waals surface area contributed by atoms with Crippen LogP contribution in [-0.4, -0.2) is 37.1 Å². The molecule has 0 amide bonds. The molecule has 14 heavy (non-hydrogen) atoms. The van der Waals surface area contributed by atoms with Crippen LogP contribution in [0.1, 0.15) is 39.0 Å². The maximum atomic E-state index is 3.48. The fourth-order valence-electron chi connectivity index (χ4n) is 2.68. The largest absolute Gasteiger partial charge is 0.317 e. The van der Waals surface area contributed by atoms with E-state index in [2.05, 4.69) is 17.1 Å². The lowest BCUT2D eigenvalue weighted by atomic mass is 9.79. The SMILES string of the molecule is CC(C1CCC1)N1CCCNCCC1. The Hall–Kier alpha value is -0.0800. The molecule has 2 rings (SSSR count). The van der Waals surface area contributed by atoms with Gasteiger partial charge in [0.05, 0.1) is 0 Å². The van der Waals surface area contributed by atoms with E-state index in [9.17, 15) is 0 Å². The van der Waals surface area contributed by atoms with Gasteiger partial charge >= 0.3 is 0 Å². The van der Waals surface area contributed by atoms with E-state index in [1.54, 1.807) is 0 Å². The summed E-state index contributed by atoms with van der Waals surface area (Å²) in [7, 11) is 0. The third-order valence-electron chi connectivity index (χ3n) is 4.01. The summed E-state index contributed by atoms with van der Waals surface area (Å²) in [5.74, 6) is 1.02. The molecule has 0 radical (unpaired) electrons. The number of rotatable bonds is 2. The minimum atomic E-state index is 0.849. The molecule has 1 saturated heterocycles. The summed E-state index contributed by atoms with van der Waals surface area (Å²) in [6.45, 7) is 7.50. The Bertz CT molecular complexity index is 158. The van der Waals surface area contributed by atoms with Crippen LogP contribution in [0.25, 0.3) is 0 Å². The fraction of sp³-hybridized carbons (Fsp3) is 1.00. The third-order valence-corrected chi connectivity index (χ3v) is 4.01. The highest BCUT2D eigenvalue weighted by atomic mass is 15.2. The first-order valence-electron chi connectivity index (χ1n) is 6.32. The maximum Gasteiger partial charge on any atom is 0.00952 e. The second-order valence-electron chi connectivity index (χ2n) is 4.92. The highest BCUT2D eigenvalue weighted by Gasteiger charge is 2.27. The molecule has 1 unspecified atom stereocenters. The lowest BCUT2D eigenvalue weighted by Crippen LogP contribution is -2.44. The first kappa shape index (κ1) is 10.4. The minimum Gasteiger partial charge on any atom is -0.317 e. The van der Waals surface area contributed by atoms with Crippen LogP contribution in [0, 0.1) is 5.92 Å². The van der Waals surface area contributed by atoms with Crippen molar-refractivity contribution < 1.29 is 0 Å². The molecular weight excluding hydrogens is 172 g/mol. The summed E-state index contributed by atoms with van der Waals surface area (Å²) in [5.41, 5.74) is 0. The average Bonchev–Trinajstić information content (AvgIpc) is 1.99. The van der Waals surface area contributed by atoms with Gasteiger partial charge in [0.25, 0.3) is 0 Å². The number of nitrogens with one attached hydrogen (secondary N) is 1. The molecule has 0 aromatic heterocycles. The summed E-state index contributed by atoms with van der Waals surface area (Å²) < 4.78 is 0. The zero-order valence-electron chi connectivity index (χ0n) is 9.47. The maximum absolute atomic E-state index is 3.48. The number of nitrogens with zero attached hydrogens (tertiary/aromatic N) is 1. The minimum absolute atomic E-state index is 0.849. The molecule has 2 fully saturated rings. The molecule has 0 bridgehead atoms. The van der Waals surface area contributed by atoms with E-state index in [1.165, 1.54) is 58.3 Å². The second-order valence-corrected chi connectivity index (χ2v) is 4.92. The first-order valence-corrected chi connectivity index (χ1v) is 6.32. The van der Waals surface area contributed by atoms with Crippen molar-refractivity contribution in [1.82, 2.24) is 10.2 Å². The van der Waals surface area contributed by atoms with Crippen molar-refractivity contribution in [3.63, 3.8) is 0 Å². The smallest absolute Gasteiger partial charge is 0.00952 e. The van der Waals surface area contributed by atoms with Gasteiger partial charge in [-0.1, -0.05) is 6.42 Å². The molecule has 2 nitrogen and oxygen atoms in total. The van der Waals surface area contributed by atoms with Gasteiger partial charge in [0.2, 0.25) is 0 Å². The highest BCUT2D eigenvalue weighted by Crippen LogP contribution is 2.32. The predicted octanol–water partition coefficient (Wildman–Crippen LogP) is 1.86. The Morgan fingerprint density at radius 2 is 1.71 bits per heavy atom. The van der Waals surface area contributed by atoms with E-state index < -0.39 is 0 Å². The van der Waals surface area contributed by atoms with Crippen LogP contribution >= 0.6 is 0 Å². The molecule has 1 aliphatic heterocycles. The Balaban J connectivity index is 1.80. The third kappa shape index (κ3) is 2.48. The van der Waals surface area contributed by atoms with E-state index in [-0.39, 0.29) is 0 Å². The van der Waals surface area contributed by atoms with Gasteiger partial charge in [-0.2, -0.15) is 0 Å². The summed E-state index contributed by atoms with van der Waals surface area (Å²) in [4.78, 5) is 2.73. The van der Waals surface area contributed by atoms with Gasteiger partial charge in [-0.15, -0.1) is 0 Å². The van der Waals surface area contributed by atoms with Gasteiger partial charge in [-0.3, -0.25) is 0 Å². The Morgan fingerprint density at radius 1 is 1.07 bits per heavy atom. The summed E-state index contributed by atoms with van der Waals surface area (Å²) in [6, 6.07) is 0.849. The van der Waals surface area contributed by atoms with Crippen molar-refractivity contribution in [3.8, 4) is 0 Å². The molecule has 2 heteroatoms. The zero-order valence-corrected chi connectivity index (χ0v) is 9.47. The van der Waals surface area contributed by atoms with E-state index in [0.717, 1.165) is 12.0 Å². The fourth-order valence-corrected chi connectivity index (χ4v) is 2.68. The molecule has 0 aromatic rings. The molecule has 0 spiro atoms. The van der Waals surface area contributed by atoms with Crippen molar-refractivity contribution in [2.45, 2.75) is 45.1 Å². The molecular formula is C12H24N2. The van der Waals surface area contributed by atoms with Crippen LogP contribution in [0.3, 0.4) is 0 Å². The van der Waals surface area contributed by atoms with Gasteiger partial charge < -0.3 is 10.2 Å². The van der Waals surface area contributed by atoms with Crippen LogP contribution in [0.4, 0.5) is 0 Å². The molecule has 2 aliphatic rings. The van der Waals surface area contributed by atoms with E-state index >= 15 is 0 Å². The molecule has 1 atom stereocenters. The van der Waals surface area contributed by atoms with Crippen LogP contribution in [0.15, 0.2) is 0 Å². The van der Waals surface area contributed by atoms with Crippen LogP contribution in [-0.2, 0) is 0 Å². The van der Waals surface area contributed by atoms with Gasteiger partial charge in [-0.25, -0.2) is 0 Å². The molecule has 1 heterocycles. The van der Waals surface area contributed by atoms with Gasteiger partial charge in [0.15, 0.2) is 0 Å². The van der Waals surface area contributed by atoms with Gasteiger partial charge in [0.1, 0.15) is 0 Å². The van der Waals surface area contributed by atoms with Crippen molar-refractivity contribution >= 4 is 0 Å². The van der Waals surface area contributed by atoms with E-state index in [1.807, 2.05) is 0 Å². The molecule has 1 aliphatic carbocycles. The van der Waals surface area contributed by atoms with Crippen LogP contribution in [0.2, 0.25) is 0 Å². The summed E-state index contributed by atoms with van der Waals surface area (Å²) in [6.07, 6.45) is 7.10. The van der Waals surface area contributed by atoms with E-state index in [4.69, 9.17) is 0 Å². The first-order chi connectivity index (χ1) is 6.88. The Morgan fingerprint density at radius 3 is 2.21 bits per heavy atom. The van der Waals surface area contributed by atoms with Crippen molar-refractivity contribution in [2.24, 2.45) is 5.92 Å². The molecule has 0 aromatic carbocycles. The van der Waals surface area contributed by atoms with Crippen molar-refractivity contribution in [2.75, 3.05) is 26.2 Å². The zero-order chi connectivity index (χ0) is 9.80. The number of hydrogen-bond donors (Lipinski definition) is 1. The monoisotopic (exact) mass is 196 g/mol. The summed E-state index contributed by atoms with van der Waals surface area (Å²) >= 11 is 0. The molecule has 1 N–H and O–H groups in total. The van der Waals surface area contributed by atoms with Crippen LogP contribution < -0.4 is 5.32 Å². The van der Waals surface area contributed by atoms with Gasteiger partial charge in [-0.05, 0) is 64.7 Å². The topological polar surface area (TPSA) is 15.3 Å². The summed E-state index contributed by atoms with van der Waals surface area (Å²) in [5, 5.41) is 3.48. The highest BCUT2D eigenvalue weighted by molar-refractivity contribution is 4.82. The van der Waals surface area contributed by atoms with Crippen LogP contribution in [0.5, 0.6) is 0 Å². The number of hydrogen-bond acceptors (Lipinski definition) is 2. The Kier molecular flexibility index (Phi) is 3.82. The lowest BCUT2D eigenvalue weighted by molar-refractivity contribution is 0.101. The van der Waals surface area contributed by atoms with Crippen molar-refractivity contribution in [1.29, 1.82) is 0 Å². The normalized spacial score (nSPS) is 28.9. The standard InChI is InChI=1S/C12H24N2/c1-11(12-5-2-6-12)14-9-3-7-13-8-4-10-14/h11-13H,2-10H2,1H3. The average molecular weight is 196 g/mol. The lowest BCUT2D eigenvalue weighted by Gasteiger charge is -2.40. The van der Waals surface area contributed by atoms with E-state index in [0.29, 0.717) is 0 Å². The quantitative estimate of drug-likeness (QED) is 0.725.